The summed E-state index contributed by atoms with van der Waals surface area (Å²) >= 11 is 1.17. The summed E-state index contributed by atoms with van der Waals surface area (Å²) in [4.78, 5) is 17.4. The van der Waals surface area contributed by atoms with Gasteiger partial charge in [-0.1, -0.05) is 41.2 Å². The average Bonchev–Trinajstić information content (AvgIpc) is 3.13. The van der Waals surface area contributed by atoms with Crippen molar-refractivity contribution in [1.82, 2.24) is 4.98 Å². The van der Waals surface area contributed by atoms with Crippen molar-refractivity contribution in [1.29, 1.82) is 0 Å². The van der Waals surface area contributed by atoms with Gasteiger partial charge in [0.05, 0.1) is 16.4 Å². The fourth-order valence-electron chi connectivity index (χ4n) is 2.53. The number of carbonyl (C=O) groups is 1. The van der Waals surface area contributed by atoms with Gasteiger partial charge in [0.25, 0.3) is 0 Å². The second-order valence-electron chi connectivity index (χ2n) is 6.08. The van der Waals surface area contributed by atoms with Gasteiger partial charge in [0, 0.05) is 0 Å². The van der Waals surface area contributed by atoms with Crippen molar-refractivity contribution in [3.63, 3.8) is 0 Å². The quantitative estimate of drug-likeness (QED) is 0.493. The number of aromatic nitrogens is 1. The number of thiazole rings is 1. The van der Waals surface area contributed by atoms with Crippen molar-refractivity contribution < 1.29 is 18.7 Å². The largest absolute Gasteiger partial charge is 0.494 e. The number of benzene rings is 2. The molecule has 0 radical (unpaired) electrons. The summed E-state index contributed by atoms with van der Waals surface area (Å²) < 4.78 is 24.7. The fourth-order valence-corrected chi connectivity index (χ4v) is 3.47. The zero-order valence-corrected chi connectivity index (χ0v) is 15.8. The van der Waals surface area contributed by atoms with Crippen LogP contribution in [0.25, 0.3) is 10.2 Å². The minimum atomic E-state index is -0.511. The number of rotatable bonds is 4. The minimum absolute atomic E-state index is 0.0396. The lowest BCUT2D eigenvalue weighted by Crippen LogP contribution is -2.30. The monoisotopic (exact) mass is 397 g/mol. The van der Waals surface area contributed by atoms with Gasteiger partial charge in [-0.25, -0.2) is 9.37 Å². The molecule has 0 fully saturated rings. The highest BCUT2D eigenvalue weighted by atomic mass is 32.1. The number of hydrogen-bond donors (Lipinski definition) is 0. The van der Waals surface area contributed by atoms with Crippen LogP contribution in [0.4, 0.5) is 9.52 Å². The Morgan fingerprint density at radius 1 is 1.25 bits per heavy atom. The Balaban J connectivity index is 1.72. The summed E-state index contributed by atoms with van der Waals surface area (Å²) in [6, 6.07) is 12.0. The van der Waals surface area contributed by atoms with Crippen LogP contribution in [0.3, 0.4) is 0 Å². The van der Waals surface area contributed by atoms with Crippen LogP contribution in [0, 0.1) is 12.7 Å². The highest BCUT2D eigenvalue weighted by Gasteiger charge is 2.26. The molecule has 0 aliphatic carbocycles. The van der Waals surface area contributed by atoms with E-state index >= 15 is 0 Å². The topological polar surface area (TPSA) is 64.0 Å². The van der Waals surface area contributed by atoms with Crippen molar-refractivity contribution in [2.24, 2.45) is 5.10 Å². The zero-order valence-electron chi connectivity index (χ0n) is 15.0. The first-order valence-electron chi connectivity index (χ1n) is 8.56. The smallest absolute Gasteiger partial charge is 0.319 e. The number of hydrogen-bond acceptors (Lipinski definition) is 6. The Kier molecular flexibility index (Phi) is 5.03. The number of halogens is 1. The average molecular weight is 397 g/mol. The first-order chi connectivity index (χ1) is 13.6. The minimum Gasteiger partial charge on any atom is -0.494 e. The lowest BCUT2D eigenvalue weighted by atomic mass is 10.2. The number of anilines is 1. The van der Waals surface area contributed by atoms with Crippen LogP contribution in [0.1, 0.15) is 11.1 Å². The number of aryl methyl sites for hydroxylation is 1. The number of carbonyl (C=O) groups excluding carboxylic acids is 1. The Morgan fingerprint density at radius 2 is 2.07 bits per heavy atom. The molecule has 4 rings (SSSR count). The molecule has 0 atom stereocenters. The van der Waals surface area contributed by atoms with Gasteiger partial charge in [-0.3, -0.25) is 4.79 Å². The van der Waals surface area contributed by atoms with Gasteiger partial charge in [-0.2, -0.15) is 10.1 Å². The molecule has 1 aliphatic heterocycles. The van der Waals surface area contributed by atoms with Crippen LogP contribution in [-0.4, -0.2) is 30.3 Å². The van der Waals surface area contributed by atoms with Crippen molar-refractivity contribution in [2.45, 2.75) is 6.92 Å². The summed E-state index contributed by atoms with van der Waals surface area (Å²) in [7, 11) is 0. The molecular formula is C20H16FN3O3S. The van der Waals surface area contributed by atoms with E-state index in [0.29, 0.717) is 22.0 Å². The van der Waals surface area contributed by atoms with Gasteiger partial charge in [-0.15, -0.1) is 0 Å². The van der Waals surface area contributed by atoms with Gasteiger partial charge in [0.2, 0.25) is 10.9 Å². The molecule has 28 heavy (non-hydrogen) atoms. The molecule has 1 amide bonds. The molecule has 8 heteroatoms. The molecule has 3 aromatic rings. The second-order valence-corrected chi connectivity index (χ2v) is 7.09. The summed E-state index contributed by atoms with van der Waals surface area (Å²) in [5.74, 6) is -0.837. The molecule has 0 saturated heterocycles. The lowest BCUT2D eigenvalue weighted by molar-refractivity contribution is -0.119. The lowest BCUT2D eigenvalue weighted by Gasteiger charge is -2.19. The standard InChI is InChI=1S/C20H16FN3O3S/c1-13-2-4-14(5-3-13)11-22-24(19(25)17-12-26-8-9-27-17)20-23-16-7-6-15(21)10-18(16)28-20/h2-7,10-12H,8-9H2,1H3/b22-11+. The van der Waals surface area contributed by atoms with Gasteiger partial charge in [0.1, 0.15) is 25.3 Å². The third-order valence-corrected chi connectivity index (χ3v) is 4.97. The zero-order chi connectivity index (χ0) is 19.5. The van der Waals surface area contributed by atoms with Crippen LogP contribution in [-0.2, 0) is 14.3 Å². The van der Waals surface area contributed by atoms with E-state index in [9.17, 15) is 9.18 Å². The van der Waals surface area contributed by atoms with E-state index in [4.69, 9.17) is 9.47 Å². The van der Waals surface area contributed by atoms with E-state index in [1.54, 1.807) is 12.3 Å². The second kappa shape index (κ2) is 7.77. The van der Waals surface area contributed by atoms with Gasteiger partial charge in [0.15, 0.2) is 0 Å². The first-order valence-corrected chi connectivity index (χ1v) is 9.37. The Labute approximate surface area is 164 Å². The summed E-state index contributed by atoms with van der Waals surface area (Å²) in [6.45, 7) is 2.64. The van der Waals surface area contributed by atoms with Crippen molar-refractivity contribution >= 4 is 38.8 Å². The van der Waals surface area contributed by atoms with Crippen molar-refractivity contribution in [2.75, 3.05) is 18.2 Å². The van der Waals surface area contributed by atoms with E-state index in [0.717, 1.165) is 16.1 Å². The number of ether oxygens (including phenoxy) is 2. The van der Waals surface area contributed by atoms with Crippen molar-refractivity contribution in [3.05, 3.63) is 71.4 Å². The van der Waals surface area contributed by atoms with E-state index in [1.165, 1.54) is 29.7 Å². The highest BCUT2D eigenvalue weighted by molar-refractivity contribution is 7.22. The molecule has 6 nitrogen and oxygen atoms in total. The highest BCUT2D eigenvalue weighted by Crippen LogP contribution is 2.30. The molecule has 0 unspecified atom stereocenters. The number of amides is 1. The maximum Gasteiger partial charge on any atom is 0.319 e. The van der Waals surface area contributed by atoms with Crippen LogP contribution >= 0.6 is 11.3 Å². The predicted octanol–water partition coefficient (Wildman–Crippen LogP) is 4.00. The molecule has 1 aliphatic rings. The van der Waals surface area contributed by atoms with Crippen LogP contribution in [0.5, 0.6) is 0 Å². The van der Waals surface area contributed by atoms with Crippen LogP contribution in [0.15, 0.2) is 59.6 Å². The summed E-state index contributed by atoms with van der Waals surface area (Å²) in [5.41, 5.74) is 2.53. The first kappa shape index (κ1) is 18.1. The van der Waals surface area contributed by atoms with E-state index in [2.05, 4.69) is 10.1 Å². The number of nitrogens with zero attached hydrogens (tertiary/aromatic N) is 3. The normalized spacial score (nSPS) is 13.9. The molecule has 0 saturated carbocycles. The molecule has 142 valence electrons. The third-order valence-electron chi connectivity index (χ3n) is 3.97. The molecule has 2 heterocycles. The molecular weight excluding hydrogens is 381 g/mol. The van der Waals surface area contributed by atoms with Crippen LogP contribution in [0.2, 0.25) is 0 Å². The maximum absolute atomic E-state index is 13.5. The summed E-state index contributed by atoms with van der Waals surface area (Å²) in [5, 5.41) is 5.77. The molecule has 1 aromatic heterocycles. The maximum atomic E-state index is 13.5. The molecule has 0 bridgehead atoms. The SMILES string of the molecule is Cc1ccc(/C=N/N(C(=O)C2=COCCO2)c2nc3ccc(F)cc3s2)cc1. The van der Waals surface area contributed by atoms with E-state index in [1.807, 2.05) is 31.2 Å². The molecule has 0 N–H and O–H groups in total. The Morgan fingerprint density at radius 3 is 2.82 bits per heavy atom. The van der Waals surface area contributed by atoms with Gasteiger partial charge in [-0.05, 0) is 30.7 Å². The fraction of sp³-hybridized carbons (Fsp3) is 0.150. The Bertz CT molecular complexity index is 1080. The third kappa shape index (κ3) is 3.86. The number of fused-ring (bicyclic) bond motifs is 1. The van der Waals surface area contributed by atoms with Crippen molar-refractivity contribution in [3.8, 4) is 0 Å². The Hall–Kier alpha value is -3.26. The van der Waals surface area contributed by atoms with Crippen LogP contribution < -0.4 is 5.01 Å². The number of hydrazone groups is 1. The van der Waals surface area contributed by atoms with Gasteiger partial charge >= 0.3 is 5.91 Å². The van der Waals surface area contributed by atoms with E-state index < -0.39 is 5.91 Å². The summed E-state index contributed by atoms with van der Waals surface area (Å²) in [6.07, 6.45) is 2.83. The van der Waals surface area contributed by atoms with E-state index in [-0.39, 0.29) is 18.2 Å². The molecule has 2 aromatic carbocycles. The van der Waals surface area contributed by atoms with Gasteiger partial charge < -0.3 is 9.47 Å². The molecule has 0 spiro atoms. The predicted molar refractivity (Wildman–Crippen MR) is 106 cm³/mol.